The summed E-state index contributed by atoms with van der Waals surface area (Å²) in [5.74, 6) is 0. The van der Waals surface area contributed by atoms with Crippen molar-refractivity contribution in [2.24, 2.45) is 0 Å². The van der Waals surface area contributed by atoms with E-state index in [0.717, 1.165) is 13.0 Å². The molecule has 2 nitrogen and oxygen atoms in total. The van der Waals surface area contributed by atoms with Gasteiger partial charge in [-0.25, -0.2) is 0 Å². The topological polar surface area (TPSA) is 27.8 Å². The largest absolute Gasteiger partial charge is 0.361 e. The summed E-state index contributed by atoms with van der Waals surface area (Å²) in [5.41, 5.74) is 2.62. The number of fused-ring (bicyclic) bond motifs is 1. The zero-order valence-corrected chi connectivity index (χ0v) is 7.80. The third-order valence-corrected chi connectivity index (χ3v) is 2.32. The number of nitrogens with one attached hydrogen (secondary N) is 2. The number of rotatable bonds is 3. The van der Waals surface area contributed by atoms with Crippen LogP contribution >= 0.6 is 0 Å². The molecule has 0 atom stereocenters. The molecule has 0 fully saturated rings. The van der Waals surface area contributed by atoms with E-state index < -0.39 is 0 Å². The maximum absolute atomic E-state index is 3.27. The SMILES string of the molecule is CNCCc1c[nH]c2ccccc12.[HH]. The van der Waals surface area contributed by atoms with Gasteiger partial charge in [-0.1, -0.05) is 18.2 Å². The van der Waals surface area contributed by atoms with Crippen molar-refractivity contribution in [1.29, 1.82) is 0 Å². The zero-order valence-electron chi connectivity index (χ0n) is 7.80. The zero-order chi connectivity index (χ0) is 9.10. The molecule has 2 rings (SSSR count). The maximum atomic E-state index is 3.27. The Morgan fingerprint density at radius 1 is 1.38 bits per heavy atom. The Morgan fingerprint density at radius 3 is 3.08 bits per heavy atom. The van der Waals surface area contributed by atoms with Crippen molar-refractivity contribution in [3.05, 3.63) is 36.0 Å². The Bertz CT molecular complexity index is 395. The number of hydrogen-bond acceptors (Lipinski definition) is 1. The van der Waals surface area contributed by atoms with Crippen LogP contribution in [0.1, 0.15) is 6.99 Å². The van der Waals surface area contributed by atoms with Crippen molar-refractivity contribution < 1.29 is 1.43 Å². The first kappa shape index (κ1) is 8.32. The van der Waals surface area contributed by atoms with Crippen LogP contribution in [0.5, 0.6) is 0 Å². The van der Waals surface area contributed by atoms with Crippen molar-refractivity contribution in [1.82, 2.24) is 10.3 Å². The van der Waals surface area contributed by atoms with Crippen LogP contribution in [0.3, 0.4) is 0 Å². The van der Waals surface area contributed by atoms with Gasteiger partial charge in [0.15, 0.2) is 0 Å². The lowest BCUT2D eigenvalue weighted by Gasteiger charge is -1.97. The summed E-state index contributed by atoms with van der Waals surface area (Å²) in [4.78, 5) is 3.27. The lowest BCUT2D eigenvalue weighted by molar-refractivity contribution is 0.795. The van der Waals surface area contributed by atoms with Crippen molar-refractivity contribution >= 4 is 10.9 Å². The number of aromatic amines is 1. The summed E-state index contributed by atoms with van der Waals surface area (Å²) >= 11 is 0. The van der Waals surface area contributed by atoms with Crippen molar-refractivity contribution in [2.45, 2.75) is 6.42 Å². The summed E-state index contributed by atoms with van der Waals surface area (Å²) in [6.07, 6.45) is 3.18. The number of likely N-dealkylation sites (N-methyl/N-ethyl adjacent to an activating group) is 1. The highest BCUT2D eigenvalue weighted by atomic mass is 14.8. The van der Waals surface area contributed by atoms with Crippen LogP contribution in [0.15, 0.2) is 30.5 Å². The molecule has 2 N–H and O–H groups in total. The third kappa shape index (κ3) is 1.58. The van der Waals surface area contributed by atoms with E-state index in [4.69, 9.17) is 0 Å². The molecule has 0 saturated heterocycles. The van der Waals surface area contributed by atoms with Gasteiger partial charge in [-0.2, -0.15) is 0 Å². The van der Waals surface area contributed by atoms with E-state index in [0.29, 0.717) is 0 Å². The summed E-state index contributed by atoms with van der Waals surface area (Å²) in [7, 11) is 1.98. The molecule has 0 aliphatic heterocycles. The molecule has 0 aliphatic carbocycles. The maximum Gasteiger partial charge on any atom is 0.0456 e. The fraction of sp³-hybridized carbons (Fsp3) is 0.273. The number of aromatic nitrogens is 1. The second-order valence-corrected chi connectivity index (χ2v) is 3.21. The number of benzene rings is 1. The highest BCUT2D eigenvalue weighted by molar-refractivity contribution is 5.82. The fourth-order valence-corrected chi connectivity index (χ4v) is 1.60. The number of hydrogen-bond donors (Lipinski definition) is 2. The average Bonchev–Trinajstić information content (AvgIpc) is 2.58. The van der Waals surface area contributed by atoms with Crippen LogP contribution in [0.2, 0.25) is 0 Å². The molecule has 0 radical (unpaired) electrons. The van der Waals surface area contributed by atoms with E-state index >= 15 is 0 Å². The Kier molecular flexibility index (Phi) is 2.32. The van der Waals surface area contributed by atoms with Crippen LogP contribution < -0.4 is 5.32 Å². The molecule has 2 heteroatoms. The normalized spacial score (nSPS) is 10.8. The first-order valence-corrected chi connectivity index (χ1v) is 4.61. The minimum absolute atomic E-state index is 0. The predicted octanol–water partition coefficient (Wildman–Crippen LogP) is 2.18. The molecule has 0 unspecified atom stereocenters. The first-order valence-electron chi connectivity index (χ1n) is 4.61. The molecule has 70 valence electrons. The Morgan fingerprint density at radius 2 is 2.23 bits per heavy atom. The number of H-pyrrole nitrogens is 1. The van der Waals surface area contributed by atoms with Crippen LogP contribution in [-0.2, 0) is 6.42 Å². The number of para-hydroxylation sites is 1. The van der Waals surface area contributed by atoms with Crippen LogP contribution in [0.25, 0.3) is 10.9 Å². The van der Waals surface area contributed by atoms with Crippen LogP contribution in [-0.4, -0.2) is 18.6 Å². The third-order valence-electron chi connectivity index (χ3n) is 2.32. The minimum atomic E-state index is 0. The van der Waals surface area contributed by atoms with E-state index in [-0.39, 0.29) is 1.43 Å². The Labute approximate surface area is 79.5 Å². The monoisotopic (exact) mass is 176 g/mol. The van der Waals surface area contributed by atoms with Gasteiger partial charge < -0.3 is 10.3 Å². The quantitative estimate of drug-likeness (QED) is 0.737. The van der Waals surface area contributed by atoms with E-state index in [1.807, 2.05) is 7.05 Å². The molecule has 0 aliphatic rings. The molecule has 1 aromatic heterocycles. The smallest absolute Gasteiger partial charge is 0.0456 e. The van der Waals surface area contributed by atoms with E-state index in [1.54, 1.807) is 0 Å². The van der Waals surface area contributed by atoms with Crippen molar-refractivity contribution in [3.63, 3.8) is 0 Å². The lowest BCUT2D eigenvalue weighted by Crippen LogP contribution is -2.09. The van der Waals surface area contributed by atoms with Gasteiger partial charge in [0.05, 0.1) is 0 Å². The molecular weight excluding hydrogens is 160 g/mol. The molecule has 1 heterocycles. The Hall–Kier alpha value is -1.28. The average molecular weight is 176 g/mol. The first-order chi connectivity index (χ1) is 6.42. The minimum Gasteiger partial charge on any atom is -0.361 e. The second kappa shape index (κ2) is 3.62. The highest BCUT2D eigenvalue weighted by Crippen LogP contribution is 2.17. The molecule has 0 saturated carbocycles. The van der Waals surface area contributed by atoms with Crippen LogP contribution in [0.4, 0.5) is 0 Å². The second-order valence-electron chi connectivity index (χ2n) is 3.21. The molecular formula is C11H16N2. The highest BCUT2D eigenvalue weighted by Gasteiger charge is 2.00. The summed E-state index contributed by atoms with van der Waals surface area (Å²) < 4.78 is 0. The molecule has 0 amide bonds. The van der Waals surface area contributed by atoms with Gasteiger partial charge in [0, 0.05) is 18.5 Å². The van der Waals surface area contributed by atoms with Gasteiger partial charge in [-0.05, 0) is 31.6 Å². The van der Waals surface area contributed by atoms with Crippen molar-refractivity contribution in [3.8, 4) is 0 Å². The molecule has 13 heavy (non-hydrogen) atoms. The van der Waals surface area contributed by atoms with Gasteiger partial charge in [-0.15, -0.1) is 0 Å². The Balaban J connectivity index is 0.000000980. The standard InChI is InChI=1S/C11H14N2.H2/c1-12-7-6-9-8-13-11-5-3-2-4-10(9)11;/h2-5,8,12-13H,6-7H2,1H3;1H. The van der Waals surface area contributed by atoms with Gasteiger partial charge >= 0.3 is 0 Å². The van der Waals surface area contributed by atoms with E-state index in [1.165, 1.54) is 16.5 Å². The van der Waals surface area contributed by atoms with Crippen molar-refractivity contribution in [2.75, 3.05) is 13.6 Å². The summed E-state index contributed by atoms with van der Waals surface area (Å²) in [5, 5.41) is 4.50. The van der Waals surface area contributed by atoms with E-state index in [9.17, 15) is 0 Å². The van der Waals surface area contributed by atoms with E-state index in [2.05, 4.69) is 40.8 Å². The summed E-state index contributed by atoms with van der Waals surface area (Å²) in [6.45, 7) is 1.03. The van der Waals surface area contributed by atoms with Gasteiger partial charge in [0.2, 0.25) is 0 Å². The molecule has 0 spiro atoms. The molecule has 0 bridgehead atoms. The summed E-state index contributed by atoms with van der Waals surface area (Å²) in [6, 6.07) is 8.41. The van der Waals surface area contributed by atoms with Gasteiger partial charge in [-0.3, -0.25) is 0 Å². The van der Waals surface area contributed by atoms with Gasteiger partial charge in [0.25, 0.3) is 0 Å². The predicted molar refractivity (Wildman–Crippen MR) is 58.0 cm³/mol. The van der Waals surface area contributed by atoms with Gasteiger partial charge in [0.1, 0.15) is 0 Å². The fourth-order valence-electron chi connectivity index (χ4n) is 1.60. The van der Waals surface area contributed by atoms with Crippen LogP contribution in [0, 0.1) is 0 Å². The lowest BCUT2D eigenvalue weighted by atomic mass is 10.1. The molecule has 2 aromatic rings. The molecule has 1 aromatic carbocycles.